The second kappa shape index (κ2) is 6.96. The molecule has 0 bridgehead atoms. The summed E-state index contributed by atoms with van der Waals surface area (Å²) >= 11 is 1.75. The van der Waals surface area contributed by atoms with Gasteiger partial charge in [0.15, 0.2) is 0 Å². The van der Waals surface area contributed by atoms with Crippen molar-refractivity contribution in [1.82, 2.24) is 10.3 Å². The summed E-state index contributed by atoms with van der Waals surface area (Å²) in [7, 11) is 0. The third kappa shape index (κ3) is 4.76. The van der Waals surface area contributed by atoms with Crippen molar-refractivity contribution in [3.8, 4) is 0 Å². The molecule has 0 radical (unpaired) electrons. The van der Waals surface area contributed by atoms with Gasteiger partial charge < -0.3 is 5.32 Å². The van der Waals surface area contributed by atoms with Crippen LogP contribution in [0.3, 0.4) is 0 Å². The van der Waals surface area contributed by atoms with Crippen molar-refractivity contribution in [2.75, 3.05) is 6.54 Å². The van der Waals surface area contributed by atoms with Crippen molar-refractivity contribution in [2.45, 2.75) is 52.5 Å². The molecule has 0 amide bonds. The summed E-state index contributed by atoms with van der Waals surface area (Å²) in [6, 6.07) is 0.608. The number of hydrogen-bond donors (Lipinski definition) is 1. The van der Waals surface area contributed by atoms with E-state index in [0.29, 0.717) is 6.04 Å². The van der Waals surface area contributed by atoms with Crippen LogP contribution >= 0.6 is 11.3 Å². The van der Waals surface area contributed by atoms with Crippen LogP contribution in [0.25, 0.3) is 0 Å². The summed E-state index contributed by atoms with van der Waals surface area (Å²) in [6.07, 6.45) is 4.77. The highest BCUT2D eigenvalue weighted by Crippen LogP contribution is 2.12. The standard InChI is InChI=1S/C12H22N2S/c1-4-6-11(13-7-5-2)8-12-9-15-10(3)14-12/h9,11,13H,4-8H2,1-3H3. The minimum Gasteiger partial charge on any atom is -0.314 e. The van der Waals surface area contributed by atoms with Crippen LogP contribution in [0.4, 0.5) is 0 Å². The zero-order chi connectivity index (χ0) is 11.1. The van der Waals surface area contributed by atoms with Crippen LogP contribution in [0.1, 0.15) is 43.8 Å². The first-order valence-corrected chi connectivity index (χ1v) is 6.78. The number of hydrogen-bond acceptors (Lipinski definition) is 3. The molecule has 1 rings (SSSR count). The first-order chi connectivity index (χ1) is 7.26. The second-order valence-electron chi connectivity index (χ2n) is 4.00. The van der Waals surface area contributed by atoms with Gasteiger partial charge in [-0.3, -0.25) is 0 Å². The van der Waals surface area contributed by atoms with Crippen LogP contribution in [-0.2, 0) is 6.42 Å². The highest BCUT2D eigenvalue weighted by atomic mass is 32.1. The Kier molecular flexibility index (Phi) is 5.88. The lowest BCUT2D eigenvalue weighted by Crippen LogP contribution is -2.31. The van der Waals surface area contributed by atoms with Crippen molar-refractivity contribution < 1.29 is 0 Å². The highest BCUT2D eigenvalue weighted by molar-refractivity contribution is 7.09. The predicted octanol–water partition coefficient (Wildman–Crippen LogP) is 3.16. The molecule has 0 aliphatic carbocycles. The van der Waals surface area contributed by atoms with Crippen LogP contribution in [-0.4, -0.2) is 17.6 Å². The van der Waals surface area contributed by atoms with E-state index >= 15 is 0 Å². The molecule has 1 unspecified atom stereocenters. The van der Waals surface area contributed by atoms with Gasteiger partial charge >= 0.3 is 0 Å². The van der Waals surface area contributed by atoms with Gasteiger partial charge in [-0.05, 0) is 26.3 Å². The number of thiazole rings is 1. The molecule has 1 aromatic rings. The maximum Gasteiger partial charge on any atom is 0.0897 e. The quantitative estimate of drug-likeness (QED) is 0.772. The molecule has 0 aromatic carbocycles. The Hall–Kier alpha value is -0.410. The number of nitrogens with zero attached hydrogens (tertiary/aromatic N) is 1. The van der Waals surface area contributed by atoms with Gasteiger partial charge in [-0.15, -0.1) is 11.3 Å². The number of nitrogens with one attached hydrogen (secondary N) is 1. The minimum absolute atomic E-state index is 0.608. The summed E-state index contributed by atoms with van der Waals surface area (Å²) in [5.41, 5.74) is 1.25. The molecule has 15 heavy (non-hydrogen) atoms. The molecule has 2 nitrogen and oxygen atoms in total. The molecule has 0 aliphatic heterocycles. The Balaban J connectivity index is 2.42. The fourth-order valence-electron chi connectivity index (χ4n) is 1.73. The zero-order valence-corrected chi connectivity index (χ0v) is 10.9. The first-order valence-electron chi connectivity index (χ1n) is 5.90. The van der Waals surface area contributed by atoms with Crippen LogP contribution in [0.5, 0.6) is 0 Å². The molecule has 86 valence electrons. The van der Waals surface area contributed by atoms with E-state index < -0.39 is 0 Å². The fourth-order valence-corrected chi connectivity index (χ4v) is 2.35. The molecule has 0 saturated heterocycles. The molecule has 1 heterocycles. The van der Waals surface area contributed by atoms with Gasteiger partial charge in [-0.2, -0.15) is 0 Å². The van der Waals surface area contributed by atoms with Crippen molar-refractivity contribution in [2.24, 2.45) is 0 Å². The van der Waals surface area contributed by atoms with Gasteiger partial charge in [0.1, 0.15) is 0 Å². The second-order valence-corrected chi connectivity index (χ2v) is 5.06. The summed E-state index contributed by atoms with van der Waals surface area (Å²) in [5, 5.41) is 6.96. The molecule has 3 heteroatoms. The van der Waals surface area contributed by atoms with E-state index in [-0.39, 0.29) is 0 Å². The maximum absolute atomic E-state index is 4.52. The average Bonchev–Trinajstić information content (AvgIpc) is 2.61. The Bertz CT molecular complexity index is 270. The van der Waals surface area contributed by atoms with E-state index in [1.165, 1.54) is 30.0 Å². The Labute approximate surface area is 97.1 Å². The molecular formula is C12H22N2S. The number of aryl methyl sites for hydroxylation is 1. The number of rotatable bonds is 7. The van der Waals surface area contributed by atoms with E-state index in [2.05, 4.69) is 36.5 Å². The molecule has 1 atom stereocenters. The van der Waals surface area contributed by atoms with Gasteiger partial charge in [0.2, 0.25) is 0 Å². The number of aromatic nitrogens is 1. The predicted molar refractivity (Wildman–Crippen MR) is 67.5 cm³/mol. The van der Waals surface area contributed by atoms with Crippen LogP contribution in [0.2, 0.25) is 0 Å². The summed E-state index contributed by atoms with van der Waals surface area (Å²) in [6.45, 7) is 7.65. The van der Waals surface area contributed by atoms with Crippen LogP contribution in [0, 0.1) is 6.92 Å². The minimum atomic E-state index is 0.608. The van der Waals surface area contributed by atoms with Crippen LogP contribution in [0.15, 0.2) is 5.38 Å². The Morgan fingerprint density at radius 3 is 2.73 bits per heavy atom. The fraction of sp³-hybridized carbons (Fsp3) is 0.750. The first kappa shape index (κ1) is 12.7. The molecule has 1 aromatic heterocycles. The van der Waals surface area contributed by atoms with E-state index in [1.807, 2.05) is 0 Å². The Morgan fingerprint density at radius 1 is 1.40 bits per heavy atom. The molecule has 0 fully saturated rings. The topological polar surface area (TPSA) is 24.9 Å². The molecule has 0 aliphatic rings. The van der Waals surface area contributed by atoms with Gasteiger partial charge in [-0.1, -0.05) is 20.3 Å². The maximum atomic E-state index is 4.52. The van der Waals surface area contributed by atoms with E-state index in [9.17, 15) is 0 Å². The summed E-state index contributed by atoms with van der Waals surface area (Å²) < 4.78 is 0. The van der Waals surface area contributed by atoms with Crippen molar-refractivity contribution in [1.29, 1.82) is 0 Å². The third-order valence-corrected chi connectivity index (χ3v) is 3.26. The van der Waals surface area contributed by atoms with Gasteiger partial charge in [-0.25, -0.2) is 4.98 Å². The molecular weight excluding hydrogens is 204 g/mol. The molecule has 0 saturated carbocycles. The molecule has 0 spiro atoms. The SMILES string of the molecule is CCCNC(CCC)Cc1csc(C)n1. The Morgan fingerprint density at radius 2 is 2.20 bits per heavy atom. The zero-order valence-electron chi connectivity index (χ0n) is 10.0. The van der Waals surface area contributed by atoms with Gasteiger partial charge in [0.05, 0.1) is 10.7 Å². The average molecular weight is 226 g/mol. The van der Waals surface area contributed by atoms with Crippen LogP contribution < -0.4 is 5.32 Å². The molecule has 1 N–H and O–H groups in total. The van der Waals surface area contributed by atoms with E-state index in [0.717, 1.165) is 13.0 Å². The van der Waals surface area contributed by atoms with Crippen molar-refractivity contribution >= 4 is 11.3 Å². The normalized spacial score (nSPS) is 13.0. The lowest BCUT2D eigenvalue weighted by atomic mass is 10.1. The largest absolute Gasteiger partial charge is 0.314 e. The van der Waals surface area contributed by atoms with Crippen molar-refractivity contribution in [3.63, 3.8) is 0 Å². The lowest BCUT2D eigenvalue weighted by molar-refractivity contribution is 0.470. The van der Waals surface area contributed by atoms with Gasteiger partial charge in [0, 0.05) is 17.8 Å². The van der Waals surface area contributed by atoms with Crippen molar-refractivity contribution in [3.05, 3.63) is 16.1 Å². The smallest absolute Gasteiger partial charge is 0.0897 e. The van der Waals surface area contributed by atoms with Gasteiger partial charge in [0.25, 0.3) is 0 Å². The monoisotopic (exact) mass is 226 g/mol. The van der Waals surface area contributed by atoms with E-state index in [4.69, 9.17) is 0 Å². The third-order valence-electron chi connectivity index (χ3n) is 2.44. The lowest BCUT2D eigenvalue weighted by Gasteiger charge is -2.16. The highest BCUT2D eigenvalue weighted by Gasteiger charge is 2.09. The summed E-state index contributed by atoms with van der Waals surface area (Å²) in [4.78, 5) is 4.52. The summed E-state index contributed by atoms with van der Waals surface area (Å²) in [5.74, 6) is 0. The van der Waals surface area contributed by atoms with E-state index in [1.54, 1.807) is 11.3 Å².